The van der Waals surface area contributed by atoms with Crippen molar-refractivity contribution in [2.24, 2.45) is 0 Å². The normalized spacial score (nSPS) is 18.4. The van der Waals surface area contributed by atoms with Crippen molar-refractivity contribution in [1.29, 1.82) is 0 Å². The van der Waals surface area contributed by atoms with Crippen molar-refractivity contribution in [3.63, 3.8) is 0 Å². The standard InChI is InChI=1S/C15H20N2O4/c1-10-4-3-5-11(2)14(10)16-15(20)17-6-7-21-12(9-17)8-13(18)19/h3-5,12H,6-9H2,1-2H3,(H,16,20)(H,18,19). The van der Waals surface area contributed by atoms with E-state index in [0.29, 0.717) is 19.7 Å². The van der Waals surface area contributed by atoms with Gasteiger partial charge in [0.15, 0.2) is 0 Å². The smallest absolute Gasteiger partial charge is 0.322 e. The molecule has 1 saturated heterocycles. The van der Waals surface area contributed by atoms with Gasteiger partial charge in [-0.15, -0.1) is 0 Å². The van der Waals surface area contributed by atoms with Crippen molar-refractivity contribution in [2.45, 2.75) is 26.4 Å². The van der Waals surface area contributed by atoms with Gasteiger partial charge in [-0.05, 0) is 25.0 Å². The van der Waals surface area contributed by atoms with Crippen LogP contribution in [0.2, 0.25) is 0 Å². The molecule has 1 atom stereocenters. The first-order valence-electron chi connectivity index (χ1n) is 6.93. The minimum atomic E-state index is -0.919. The van der Waals surface area contributed by atoms with E-state index in [2.05, 4.69) is 5.32 Å². The summed E-state index contributed by atoms with van der Waals surface area (Å²) < 4.78 is 5.36. The van der Waals surface area contributed by atoms with Crippen LogP contribution in [0.1, 0.15) is 17.5 Å². The lowest BCUT2D eigenvalue weighted by Gasteiger charge is -2.32. The number of hydrogen-bond acceptors (Lipinski definition) is 3. The second kappa shape index (κ2) is 6.58. The molecule has 0 bridgehead atoms. The van der Waals surface area contributed by atoms with E-state index < -0.39 is 12.1 Å². The first kappa shape index (κ1) is 15.3. The summed E-state index contributed by atoms with van der Waals surface area (Å²) in [5, 5.41) is 11.7. The number of ether oxygens (including phenoxy) is 1. The molecule has 0 aromatic heterocycles. The Hall–Kier alpha value is -2.08. The van der Waals surface area contributed by atoms with Crippen LogP contribution in [0.15, 0.2) is 18.2 Å². The number of aryl methyl sites for hydroxylation is 2. The number of nitrogens with one attached hydrogen (secondary N) is 1. The van der Waals surface area contributed by atoms with E-state index in [0.717, 1.165) is 16.8 Å². The molecule has 6 heteroatoms. The molecule has 6 nitrogen and oxygen atoms in total. The molecule has 0 spiro atoms. The molecular weight excluding hydrogens is 272 g/mol. The summed E-state index contributed by atoms with van der Waals surface area (Å²) in [7, 11) is 0. The molecule has 1 heterocycles. The molecule has 0 saturated carbocycles. The summed E-state index contributed by atoms with van der Waals surface area (Å²) >= 11 is 0. The van der Waals surface area contributed by atoms with Crippen LogP contribution in [0.4, 0.5) is 10.5 Å². The van der Waals surface area contributed by atoms with E-state index in [1.165, 1.54) is 0 Å². The van der Waals surface area contributed by atoms with Crippen LogP contribution in [-0.2, 0) is 9.53 Å². The predicted octanol–water partition coefficient (Wildman–Crippen LogP) is 2.01. The lowest BCUT2D eigenvalue weighted by atomic mass is 10.1. The monoisotopic (exact) mass is 292 g/mol. The molecule has 2 N–H and O–H groups in total. The van der Waals surface area contributed by atoms with Gasteiger partial charge in [-0.3, -0.25) is 4.79 Å². The fraction of sp³-hybridized carbons (Fsp3) is 0.467. The highest BCUT2D eigenvalue weighted by molar-refractivity contribution is 5.91. The Morgan fingerprint density at radius 3 is 2.67 bits per heavy atom. The molecule has 114 valence electrons. The maximum absolute atomic E-state index is 12.3. The third-order valence-corrected chi connectivity index (χ3v) is 3.54. The molecule has 2 rings (SSSR count). The minimum absolute atomic E-state index is 0.0901. The van der Waals surface area contributed by atoms with E-state index in [-0.39, 0.29) is 12.5 Å². The maximum Gasteiger partial charge on any atom is 0.322 e. The predicted molar refractivity (Wildman–Crippen MR) is 78.5 cm³/mol. The lowest BCUT2D eigenvalue weighted by Crippen LogP contribution is -2.48. The second-order valence-corrected chi connectivity index (χ2v) is 5.23. The van der Waals surface area contributed by atoms with Gasteiger partial charge in [0.25, 0.3) is 0 Å². The highest BCUT2D eigenvalue weighted by atomic mass is 16.5. The zero-order valence-electron chi connectivity index (χ0n) is 12.3. The zero-order chi connectivity index (χ0) is 15.4. The Labute approximate surface area is 123 Å². The fourth-order valence-electron chi connectivity index (χ4n) is 2.42. The van der Waals surface area contributed by atoms with Gasteiger partial charge in [-0.1, -0.05) is 18.2 Å². The molecule has 1 unspecified atom stereocenters. The summed E-state index contributed by atoms with van der Waals surface area (Å²) in [6.07, 6.45) is -0.535. The van der Waals surface area contributed by atoms with Gasteiger partial charge in [-0.2, -0.15) is 0 Å². The first-order valence-corrected chi connectivity index (χ1v) is 6.93. The Morgan fingerprint density at radius 1 is 1.38 bits per heavy atom. The molecule has 1 fully saturated rings. The van der Waals surface area contributed by atoms with Gasteiger partial charge in [0, 0.05) is 18.8 Å². The first-order chi connectivity index (χ1) is 9.97. The molecular formula is C15H20N2O4. The van der Waals surface area contributed by atoms with Crippen LogP contribution in [-0.4, -0.2) is 47.8 Å². The van der Waals surface area contributed by atoms with Crippen molar-refractivity contribution in [1.82, 2.24) is 4.90 Å². The molecule has 1 aliphatic heterocycles. The lowest BCUT2D eigenvalue weighted by molar-refractivity contribution is -0.141. The minimum Gasteiger partial charge on any atom is -0.481 e. The number of nitrogens with zero attached hydrogens (tertiary/aromatic N) is 1. The number of rotatable bonds is 3. The van der Waals surface area contributed by atoms with Crippen LogP contribution >= 0.6 is 0 Å². The van der Waals surface area contributed by atoms with Crippen LogP contribution in [0.3, 0.4) is 0 Å². The Bertz CT molecular complexity index is 524. The van der Waals surface area contributed by atoms with Crippen molar-refractivity contribution < 1.29 is 19.4 Å². The molecule has 1 aliphatic rings. The van der Waals surface area contributed by atoms with E-state index in [9.17, 15) is 9.59 Å². The number of carbonyl (C=O) groups excluding carboxylic acids is 1. The number of hydrogen-bond donors (Lipinski definition) is 2. The number of aliphatic carboxylic acids is 1. The maximum atomic E-state index is 12.3. The summed E-state index contributed by atoms with van der Waals surface area (Å²) in [6, 6.07) is 5.61. The van der Waals surface area contributed by atoms with Gasteiger partial charge in [0.2, 0.25) is 0 Å². The molecule has 1 aromatic rings. The number of urea groups is 1. The van der Waals surface area contributed by atoms with E-state index in [1.54, 1.807) is 4.90 Å². The topological polar surface area (TPSA) is 78.9 Å². The largest absolute Gasteiger partial charge is 0.481 e. The third kappa shape index (κ3) is 3.95. The summed E-state index contributed by atoms with van der Waals surface area (Å²) in [4.78, 5) is 24.6. The van der Waals surface area contributed by atoms with E-state index in [4.69, 9.17) is 9.84 Å². The zero-order valence-corrected chi connectivity index (χ0v) is 12.3. The SMILES string of the molecule is Cc1cccc(C)c1NC(=O)N1CCOC(CC(=O)O)C1. The van der Waals surface area contributed by atoms with Crippen molar-refractivity contribution in [2.75, 3.05) is 25.0 Å². The summed E-state index contributed by atoms with van der Waals surface area (Å²) in [5.74, 6) is -0.919. The molecule has 21 heavy (non-hydrogen) atoms. The van der Waals surface area contributed by atoms with E-state index >= 15 is 0 Å². The molecule has 2 amide bonds. The molecule has 0 radical (unpaired) electrons. The number of para-hydroxylation sites is 1. The highest BCUT2D eigenvalue weighted by Crippen LogP contribution is 2.20. The van der Waals surface area contributed by atoms with Crippen molar-refractivity contribution in [3.05, 3.63) is 29.3 Å². The van der Waals surface area contributed by atoms with Crippen LogP contribution in [0, 0.1) is 13.8 Å². The quantitative estimate of drug-likeness (QED) is 0.893. The van der Waals surface area contributed by atoms with Crippen molar-refractivity contribution >= 4 is 17.7 Å². The van der Waals surface area contributed by atoms with Gasteiger partial charge in [0.1, 0.15) is 0 Å². The number of carboxylic acids is 1. The number of amides is 2. The Balaban J connectivity index is 2.01. The van der Waals surface area contributed by atoms with Crippen molar-refractivity contribution in [3.8, 4) is 0 Å². The van der Waals surface area contributed by atoms with Gasteiger partial charge < -0.3 is 20.1 Å². The van der Waals surface area contributed by atoms with Crippen LogP contribution in [0.5, 0.6) is 0 Å². The fourth-order valence-corrected chi connectivity index (χ4v) is 2.42. The van der Waals surface area contributed by atoms with Gasteiger partial charge >= 0.3 is 12.0 Å². The van der Waals surface area contributed by atoms with Crippen LogP contribution in [0.25, 0.3) is 0 Å². The summed E-state index contributed by atoms with van der Waals surface area (Å²) in [6.45, 7) is 5.00. The van der Waals surface area contributed by atoms with Gasteiger partial charge in [-0.25, -0.2) is 4.79 Å². The Kier molecular flexibility index (Phi) is 4.80. The number of anilines is 1. The van der Waals surface area contributed by atoms with Gasteiger partial charge in [0.05, 0.1) is 19.1 Å². The number of carbonyl (C=O) groups is 2. The number of benzene rings is 1. The average Bonchev–Trinajstić information content (AvgIpc) is 2.42. The third-order valence-electron chi connectivity index (χ3n) is 3.54. The summed E-state index contributed by atoms with van der Waals surface area (Å²) in [5.41, 5.74) is 2.81. The second-order valence-electron chi connectivity index (χ2n) is 5.23. The number of carboxylic acid groups (broad SMARTS) is 1. The van der Waals surface area contributed by atoms with Crippen LogP contribution < -0.4 is 5.32 Å². The average molecular weight is 292 g/mol. The highest BCUT2D eigenvalue weighted by Gasteiger charge is 2.26. The Morgan fingerprint density at radius 2 is 2.05 bits per heavy atom. The molecule has 1 aromatic carbocycles. The number of morpholine rings is 1. The molecule has 0 aliphatic carbocycles. The van der Waals surface area contributed by atoms with E-state index in [1.807, 2.05) is 32.0 Å².